The molecule has 1 unspecified atom stereocenters. The summed E-state index contributed by atoms with van der Waals surface area (Å²) in [6.45, 7) is 7.04. The van der Waals surface area contributed by atoms with E-state index >= 15 is 0 Å². The van der Waals surface area contributed by atoms with Gasteiger partial charge in [0.25, 0.3) is 0 Å². The third kappa shape index (κ3) is 7.43. The van der Waals surface area contributed by atoms with Gasteiger partial charge in [-0.15, -0.1) is 0 Å². The van der Waals surface area contributed by atoms with Crippen LogP contribution in [0.4, 0.5) is 0 Å². The van der Waals surface area contributed by atoms with Gasteiger partial charge in [0.15, 0.2) is 5.92 Å². The molecule has 0 aromatic carbocycles. The van der Waals surface area contributed by atoms with Gasteiger partial charge in [0.05, 0.1) is 13.7 Å². The lowest BCUT2D eigenvalue weighted by molar-refractivity contribution is -0.168. The van der Waals surface area contributed by atoms with E-state index in [4.69, 9.17) is 9.47 Å². The first kappa shape index (κ1) is 17.4. The minimum atomic E-state index is -1.10. The Morgan fingerprint density at radius 2 is 1.68 bits per heavy atom. The van der Waals surface area contributed by atoms with Crippen molar-refractivity contribution in [3.05, 3.63) is 0 Å². The predicted molar refractivity (Wildman–Crippen MR) is 67.2 cm³/mol. The van der Waals surface area contributed by atoms with Gasteiger partial charge < -0.3 is 14.2 Å². The highest BCUT2D eigenvalue weighted by atomic mass is 16.6. The molecule has 0 bridgehead atoms. The molecule has 0 aromatic rings. The maximum Gasteiger partial charge on any atom is 0.320 e. The molecule has 110 valence electrons. The smallest absolute Gasteiger partial charge is 0.320 e. The van der Waals surface area contributed by atoms with Gasteiger partial charge in [-0.05, 0) is 34.1 Å². The van der Waals surface area contributed by atoms with Crippen LogP contribution in [-0.4, -0.2) is 37.2 Å². The molecule has 0 heterocycles. The molecule has 0 spiro atoms. The molecule has 6 heteroatoms. The summed E-state index contributed by atoms with van der Waals surface area (Å²) < 4.78 is 14.4. The van der Waals surface area contributed by atoms with Crippen LogP contribution >= 0.6 is 0 Å². The Hall–Kier alpha value is -1.59. The van der Waals surface area contributed by atoms with E-state index in [0.717, 1.165) is 0 Å². The number of ether oxygens (including phenoxy) is 3. The van der Waals surface area contributed by atoms with Crippen LogP contribution in [0.1, 0.15) is 40.5 Å². The lowest BCUT2D eigenvalue weighted by Gasteiger charge is -2.22. The zero-order valence-corrected chi connectivity index (χ0v) is 12.1. The minimum Gasteiger partial charge on any atom is -0.468 e. The zero-order chi connectivity index (χ0) is 15.1. The predicted octanol–water partition coefficient (Wildman–Crippen LogP) is 1.46. The molecule has 0 aliphatic heterocycles. The van der Waals surface area contributed by atoms with Gasteiger partial charge in [-0.2, -0.15) is 0 Å². The largest absolute Gasteiger partial charge is 0.468 e. The fraction of sp³-hybridized carbons (Fsp3) is 0.769. The third-order valence-corrected chi connectivity index (χ3v) is 2.12. The first-order valence-corrected chi connectivity index (χ1v) is 6.17. The van der Waals surface area contributed by atoms with E-state index in [9.17, 15) is 14.4 Å². The molecule has 6 nitrogen and oxygen atoms in total. The van der Waals surface area contributed by atoms with Crippen LogP contribution in [0.2, 0.25) is 0 Å². The van der Waals surface area contributed by atoms with Crippen LogP contribution in [0.5, 0.6) is 0 Å². The monoisotopic (exact) mass is 274 g/mol. The lowest BCUT2D eigenvalue weighted by Crippen LogP contribution is -2.33. The standard InChI is InChI=1S/C13H22O6/c1-6-18-10(14)8-7-9(11(15)17-5)12(16)19-13(2,3)4/h9H,6-8H2,1-5H3. The number of hydrogen-bond acceptors (Lipinski definition) is 6. The number of hydrogen-bond donors (Lipinski definition) is 0. The van der Waals surface area contributed by atoms with E-state index in [1.165, 1.54) is 7.11 Å². The second-order valence-corrected chi connectivity index (χ2v) is 4.95. The maximum absolute atomic E-state index is 11.9. The molecule has 0 saturated carbocycles. The van der Waals surface area contributed by atoms with Crippen LogP contribution in [0.25, 0.3) is 0 Å². The highest BCUT2D eigenvalue weighted by molar-refractivity contribution is 5.95. The molecular weight excluding hydrogens is 252 g/mol. The third-order valence-electron chi connectivity index (χ3n) is 2.12. The maximum atomic E-state index is 11.9. The summed E-state index contributed by atoms with van der Waals surface area (Å²) >= 11 is 0. The molecule has 0 N–H and O–H groups in total. The van der Waals surface area contributed by atoms with Crippen molar-refractivity contribution < 1.29 is 28.6 Å². The summed E-state index contributed by atoms with van der Waals surface area (Å²) in [6, 6.07) is 0. The Morgan fingerprint density at radius 1 is 1.11 bits per heavy atom. The van der Waals surface area contributed by atoms with Crippen LogP contribution in [0, 0.1) is 5.92 Å². The molecule has 0 saturated heterocycles. The Bertz CT molecular complexity index is 329. The second-order valence-electron chi connectivity index (χ2n) is 4.95. The second kappa shape index (κ2) is 7.76. The topological polar surface area (TPSA) is 78.9 Å². The van der Waals surface area contributed by atoms with Crippen LogP contribution in [0.15, 0.2) is 0 Å². The van der Waals surface area contributed by atoms with E-state index in [2.05, 4.69) is 4.74 Å². The van der Waals surface area contributed by atoms with E-state index in [1.807, 2.05) is 0 Å². The molecule has 0 rings (SSSR count). The van der Waals surface area contributed by atoms with Crippen molar-refractivity contribution >= 4 is 17.9 Å². The first-order valence-electron chi connectivity index (χ1n) is 6.17. The van der Waals surface area contributed by atoms with Gasteiger partial charge in [-0.3, -0.25) is 14.4 Å². The summed E-state index contributed by atoms with van der Waals surface area (Å²) in [7, 11) is 1.18. The van der Waals surface area contributed by atoms with Gasteiger partial charge in [0.1, 0.15) is 5.60 Å². The van der Waals surface area contributed by atoms with Crippen LogP contribution in [-0.2, 0) is 28.6 Å². The summed E-state index contributed by atoms with van der Waals surface area (Å²) in [5.41, 5.74) is -0.701. The average molecular weight is 274 g/mol. The Labute approximate surface area is 113 Å². The molecule has 0 amide bonds. The van der Waals surface area contributed by atoms with E-state index < -0.39 is 29.4 Å². The van der Waals surface area contributed by atoms with Crippen molar-refractivity contribution in [2.24, 2.45) is 5.92 Å². The molecule has 1 atom stereocenters. The van der Waals surface area contributed by atoms with Crippen molar-refractivity contribution in [2.75, 3.05) is 13.7 Å². The summed E-state index contributed by atoms with van der Waals surface area (Å²) in [5, 5.41) is 0. The van der Waals surface area contributed by atoms with Gasteiger partial charge in [-0.25, -0.2) is 0 Å². The van der Waals surface area contributed by atoms with Crippen molar-refractivity contribution in [3.63, 3.8) is 0 Å². The van der Waals surface area contributed by atoms with Crippen LogP contribution in [0.3, 0.4) is 0 Å². The first-order chi connectivity index (χ1) is 8.71. The van der Waals surface area contributed by atoms with Gasteiger partial charge in [0.2, 0.25) is 0 Å². The minimum absolute atomic E-state index is 0.0143. The molecular formula is C13H22O6. The number of carbonyl (C=O) groups excluding carboxylic acids is 3. The van der Waals surface area contributed by atoms with E-state index in [1.54, 1.807) is 27.7 Å². The molecule has 0 radical (unpaired) electrons. The van der Waals surface area contributed by atoms with E-state index in [0.29, 0.717) is 0 Å². The average Bonchev–Trinajstić information content (AvgIpc) is 2.26. The van der Waals surface area contributed by atoms with Crippen molar-refractivity contribution in [2.45, 2.75) is 46.1 Å². The Balaban J connectivity index is 4.60. The molecule has 0 aliphatic carbocycles. The SMILES string of the molecule is CCOC(=O)CCC(C(=O)OC)C(=O)OC(C)(C)C. The number of esters is 3. The molecule has 0 fully saturated rings. The number of rotatable bonds is 6. The Morgan fingerprint density at radius 3 is 2.11 bits per heavy atom. The van der Waals surface area contributed by atoms with Crippen LogP contribution < -0.4 is 0 Å². The van der Waals surface area contributed by atoms with Gasteiger partial charge in [0, 0.05) is 6.42 Å². The van der Waals surface area contributed by atoms with Gasteiger partial charge in [-0.1, -0.05) is 0 Å². The highest BCUT2D eigenvalue weighted by Crippen LogP contribution is 2.17. The van der Waals surface area contributed by atoms with Crippen molar-refractivity contribution in [3.8, 4) is 0 Å². The zero-order valence-electron chi connectivity index (χ0n) is 12.1. The lowest BCUT2D eigenvalue weighted by atomic mass is 10.0. The van der Waals surface area contributed by atoms with E-state index in [-0.39, 0.29) is 19.4 Å². The molecule has 19 heavy (non-hydrogen) atoms. The Kier molecular flexibility index (Phi) is 7.11. The molecule has 0 aromatic heterocycles. The number of methoxy groups -OCH3 is 1. The number of carbonyl (C=O) groups is 3. The fourth-order valence-electron chi connectivity index (χ4n) is 1.34. The summed E-state index contributed by atoms with van der Waals surface area (Å²) in [4.78, 5) is 34.6. The fourth-order valence-corrected chi connectivity index (χ4v) is 1.34. The van der Waals surface area contributed by atoms with Crippen molar-refractivity contribution in [1.82, 2.24) is 0 Å². The highest BCUT2D eigenvalue weighted by Gasteiger charge is 2.32. The quantitative estimate of drug-likeness (QED) is 0.414. The van der Waals surface area contributed by atoms with Gasteiger partial charge >= 0.3 is 17.9 Å². The summed E-state index contributed by atoms with van der Waals surface area (Å²) in [6.07, 6.45) is -0.0206. The van der Waals surface area contributed by atoms with Crippen molar-refractivity contribution in [1.29, 1.82) is 0 Å². The summed E-state index contributed by atoms with van der Waals surface area (Å²) in [5.74, 6) is -2.96. The molecule has 0 aliphatic rings. The normalized spacial score (nSPS) is 12.5.